The summed E-state index contributed by atoms with van der Waals surface area (Å²) >= 11 is 13.5. The number of benzene rings is 2. The maximum Gasteiger partial charge on any atom is 0.233 e. The first kappa shape index (κ1) is 22.9. The van der Waals surface area contributed by atoms with E-state index in [1.165, 1.54) is 28.8 Å². The van der Waals surface area contributed by atoms with Crippen LogP contribution in [0, 0.1) is 5.82 Å². The lowest BCUT2D eigenvalue weighted by atomic mass is 10.2. The van der Waals surface area contributed by atoms with Crippen LogP contribution in [-0.4, -0.2) is 38.4 Å². The summed E-state index contributed by atoms with van der Waals surface area (Å²) in [6, 6.07) is 12.0. The van der Waals surface area contributed by atoms with E-state index in [9.17, 15) is 9.18 Å². The van der Waals surface area contributed by atoms with Crippen LogP contribution in [0.4, 0.5) is 4.39 Å². The van der Waals surface area contributed by atoms with Crippen LogP contribution in [0.2, 0.25) is 10.0 Å². The van der Waals surface area contributed by atoms with Crippen LogP contribution in [-0.2, 0) is 17.9 Å². The molecule has 168 valence electrons. The van der Waals surface area contributed by atoms with Gasteiger partial charge in [-0.15, -0.1) is 10.2 Å². The van der Waals surface area contributed by atoms with Gasteiger partial charge in [0.15, 0.2) is 11.0 Å². The van der Waals surface area contributed by atoms with Gasteiger partial charge in [-0.05, 0) is 37.1 Å². The number of hydrogen-bond donors (Lipinski definition) is 0. The Hall–Kier alpha value is -2.29. The molecule has 0 N–H and O–H groups in total. The van der Waals surface area contributed by atoms with Crippen molar-refractivity contribution in [2.45, 2.75) is 37.2 Å². The third-order valence-corrected chi connectivity index (χ3v) is 6.64. The van der Waals surface area contributed by atoms with Gasteiger partial charge in [-0.3, -0.25) is 9.36 Å². The van der Waals surface area contributed by atoms with Gasteiger partial charge in [0.25, 0.3) is 0 Å². The summed E-state index contributed by atoms with van der Waals surface area (Å²) in [5.74, 6) is 0.833. The van der Waals surface area contributed by atoms with Gasteiger partial charge in [-0.1, -0.05) is 53.2 Å². The van der Waals surface area contributed by atoms with Gasteiger partial charge in [-0.2, -0.15) is 0 Å². The van der Waals surface area contributed by atoms with Crippen molar-refractivity contribution >= 4 is 40.9 Å². The highest BCUT2D eigenvalue weighted by atomic mass is 35.5. The van der Waals surface area contributed by atoms with Crippen LogP contribution in [0.3, 0.4) is 0 Å². The van der Waals surface area contributed by atoms with Crippen molar-refractivity contribution < 1.29 is 13.9 Å². The first-order chi connectivity index (χ1) is 15.4. The first-order valence-corrected chi connectivity index (χ1v) is 11.8. The molecule has 1 aromatic heterocycles. The summed E-state index contributed by atoms with van der Waals surface area (Å²) in [5.41, 5.74) is 0.301. The maximum absolute atomic E-state index is 14.0. The van der Waals surface area contributed by atoms with E-state index < -0.39 is 5.82 Å². The lowest BCUT2D eigenvalue weighted by Gasteiger charge is -2.18. The number of amides is 1. The predicted octanol–water partition coefficient (Wildman–Crippen LogP) is 5.39. The molecule has 3 aromatic rings. The van der Waals surface area contributed by atoms with Crippen LogP contribution in [0.15, 0.2) is 47.6 Å². The molecule has 32 heavy (non-hydrogen) atoms. The monoisotopic (exact) mass is 494 g/mol. The van der Waals surface area contributed by atoms with Gasteiger partial charge in [0.1, 0.15) is 18.2 Å². The van der Waals surface area contributed by atoms with Crippen LogP contribution in [0.1, 0.15) is 30.3 Å². The molecule has 6 nitrogen and oxygen atoms in total. The SMILES string of the molecule is CN(Cc1c(F)cccc1Cl)C(=O)CSc1nnc(COc2ccccc2Cl)n1C1CC1. The number of thioether (sulfide) groups is 1. The Morgan fingerprint density at radius 2 is 1.94 bits per heavy atom. The molecule has 0 aliphatic heterocycles. The molecule has 0 radical (unpaired) electrons. The van der Waals surface area contributed by atoms with Gasteiger partial charge in [0.2, 0.25) is 5.91 Å². The Kier molecular flexibility index (Phi) is 7.23. The molecule has 4 rings (SSSR count). The second-order valence-electron chi connectivity index (χ2n) is 7.46. The maximum atomic E-state index is 14.0. The molecule has 0 atom stereocenters. The number of ether oxygens (including phenoxy) is 1. The van der Waals surface area contributed by atoms with Crippen molar-refractivity contribution in [3.8, 4) is 5.75 Å². The zero-order valence-corrected chi connectivity index (χ0v) is 19.6. The van der Waals surface area contributed by atoms with Gasteiger partial charge >= 0.3 is 0 Å². The Balaban J connectivity index is 1.39. The summed E-state index contributed by atoms with van der Waals surface area (Å²) in [6.45, 7) is 0.324. The lowest BCUT2D eigenvalue weighted by Crippen LogP contribution is -2.28. The van der Waals surface area contributed by atoms with Gasteiger partial charge < -0.3 is 9.64 Å². The normalized spacial score (nSPS) is 13.2. The molecule has 1 saturated carbocycles. The standard InChI is InChI=1S/C22H21Cl2FN4O2S/c1-28(11-15-16(23)6-4-7-18(15)25)21(30)13-32-22-27-26-20(29(22)14-9-10-14)12-31-19-8-3-2-5-17(19)24/h2-8,14H,9-13H2,1H3. The third kappa shape index (κ3) is 5.36. The molecule has 1 heterocycles. The minimum atomic E-state index is -0.429. The Morgan fingerprint density at radius 3 is 2.66 bits per heavy atom. The zero-order valence-electron chi connectivity index (χ0n) is 17.3. The Bertz CT molecular complexity index is 1100. The van der Waals surface area contributed by atoms with Crippen molar-refractivity contribution in [1.29, 1.82) is 0 Å². The second kappa shape index (κ2) is 10.1. The molecule has 2 aromatic carbocycles. The predicted molar refractivity (Wildman–Crippen MR) is 123 cm³/mol. The fraction of sp³-hybridized carbons (Fsp3) is 0.318. The van der Waals surface area contributed by atoms with E-state index in [2.05, 4.69) is 10.2 Å². The highest BCUT2D eigenvalue weighted by Crippen LogP contribution is 2.39. The number of nitrogens with zero attached hydrogens (tertiary/aromatic N) is 4. The second-order valence-corrected chi connectivity index (χ2v) is 9.21. The van der Waals surface area contributed by atoms with E-state index in [0.29, 0.717) is 38.4 Å². The summed E-state index contributed by atoms with van der Waals surface area (Å²) in [6.07, 6.45) is 2.06. The quantitative estimate of drug-likeness (QED) is 0.373. The van der Waals surface area contributed by atoms with Crippen LogP contribution in [0.25, 0.3) is 0 Å². The smallest absolute Gasteiger partial charge is 0.233 e. The largest absolute Gasteiger partial charge is 0.484 e. The Labute approximate surface area is 199 Å². The van der Waals surface area contributed by atoms with Crippen molar-refractivity contribution in [3.05, 3.63) is 69.7 Å². The average Bonchev–Trinajstić information content (AvgIpc) is 3.54. The Morgan fingerprint density at radius 1 is 1.19 bits per heavy atom. The highest BCUT2D eigenvalue weighted by Gasteiger charge is 2.30. The number of para-hydroxylation sites is 1. The summed E-state index contributed by atoms with van der Waals surface area (Å²) in [5, 5.41) is 10.0. The van der Waals surface area contributed by atoms with E-state index in [1.807, 2.05) is 16.7 Å². The molecular formula is C22H21Cl2FN4O2S. The van der Waals surface area contributed by atoms with Crippen molar-refractivity contribution in [1.82, 2.24) is 19.7 Å². The van der Waals surface area contributed by atoms with E-state index in [0.717, 1.165) is 12.8 Å². The number of rotatable bonds is 9. The van der Waals surface area contributed by atoms with Crippen molar-refractivity contribution in [2.75, 3.05) is 12.8 Å². The van der Waals surface area contributed by atoms with E-state index in [1.54, 1.807) is 25.2 Å². The summed E-state index contributed by atoms with van der Waals surface area (Å²) in [7, 11) is 1.63. The molecule has 0 bridgehead atoms. The minimum Gasteiger partial charge on any atom is -0.484 e. The highest BCUT2D eigenvalue weighted by molar-refractivity contribution is 7.99. The zero-order chi connectivity index (χ0) is 22.7. The molecule has 0 saturated heterocycles. The van der Waals surface area contributed by atoms with E-state index >= 15 is 0 Å². The first-order valence-electron chi connectivity index (χ1n) is 10.0. The molecule has 0 spiro atoms. The molecule has 1 aliphatic rings. The average molecular weight is 495 g/mol. The topological polar surface area (TPSA) is 60.3 Å². The molecule has 1 aliphatic carbocycles. The molecule has 1 fully saturated rings. The van der Waals surface area contributed by atoms with E-state index in [-0.39, 0.29) is 24.8 Å². The summed E-state index contributed by atoms with van der Waals surface area (Å²) < 4.78 is 21.9. The molecule has 10 heteroatoms. The minimum absolute atomic E-state index is 0.0944. The number of carbonyl (C=O) groups excluding carboxylic acids is 1. The molecular weight excluding hydrogens is 474 g/mol. The van der Waals surface area contributed by atoms with Crippen LogP contribution < -0.4 is 4.74 Å². The van der Waals surface area contributed by atoms with Gasteiger partial charge in [-0.25, -0.2) is 4.39 Å². The van der Waals surface area contributed by atoms with Crippen molar-refractivity contribution in [2.24, 2.45) is 0 Å². The van der Waals surface area contributed by atoms with Crippen molar-refractivity contribution in [3.63, 3.8) is 0 Å². The number of carbonyl (C=O) groups is 1. The lowest BCUT2D eigenvalue weighted by molar-refractivity contribution is -0.127. The molecule has 0 unspecified atom stereocenters. The van der Waals surface area contributed by atoms with Crippen LogP contribution >= 0.6 is 35.0 Å². The number of aromatic nitrogens is 3. The van der Waals surface area contributed by atoms with Gasteiger partial charge in [0, 0.05) is 30.2 Å². The fourth-order valence-corrected chi connectivity index (χ4v) is 4.53. The van der Waals surface area contributed by atoms with Crippen LogP contribution in [0.5, 0.6) is 5.75 Å². The number of halogens is 3. The fourth-order valence-electron chi connectivity index (χ4n) is 3.15. The molecule has 1 amide bonds. The van der Waals surface area contributed by atoms with E-state index in [4.69, 9.17) is 27.9 Å². The summed E-state index contributed by atoms with van der Waals surface area (Å²) in [4.78, 5) is 14.1. The number of hydrogen-bond acceptors (Lipinski definition) is 5. The van der Waals surface area contributed by atoms with Gasteiger partial charge in [0.05, 0.1) is 10.8 Å². The third-order valence-electron chi connectivity index (χ3n) is 5.05.